The zero-order valence-electron chi connectivity index (χ0n) is 15.4. The van der Waals surface area contributed by atoms with Crippen molar-refractivity contribution >= 4 is 21.8 Å². The Bertz CT molecular complexity index is 1260. The predicted molar refractivity (Wildman–Crippen MR) is 109 cm³/mol. The first-order chi connectivity index (χ1) is 13.2. The fraction of sp³-hybridized carbons (Fsp3) is 0.217. The number of hydrogen-bond donors (Lipinski definition) is 1. The average molecular weight is 356 g/mol. The number of pyridine rings is 2. The number of aromatic amines is 1. The molecule has 0 amide bonds. The van der Waals surface area contributed by atoms with Crippen molar-refractivity contribution in [2.24, 2.45) is 0 Å². The van der Waals surface area contributed by atoms with Crippen LogP contribution in [0.4, 0.5) is 0 Å². The third kappa shape index (κ3) is 2.36. The summed E-state index contributed by atoms with van der Waals surface area (Å²) in [7, 11) is 0. The molecule has 0 radical (unpaired) electrons. The van der Waals surface area contributed by atoms with Crippen molar-refractivity contribution in [3.63, 3.8) is 0 Å². The van der Waals surface area contributed by atoms with Crippen LogP contribution in [0.5, 0.6) is 5.75 Å². The molecule has 2 aromatic carbocycles. The lowest BCUT2D eigenvalue weighted by Gasteiger charge is -2.21. The number of ether oxygens (including phenoxy) is 1. The highest BCUT2D eigenvalue weighted by molar-refractivity contribution is 6.07. The van der Waals surface area contributed by atoms with Crippen LogP contribution in [0.3, 0.4) is 0 Å². The van der Waals surface area contributed by atoms with Crippen molar-refractivity contribution in [3.8, 4) is 16.9 Å². The van der Waals surface area contributed by atoms with Crippen LogP contribution in [0, 0.1) is 6.92 Å². The molecule has 0 aliphatic carbocycles. The Kier molecular flexibility index (Phi) is 3.54. The molecule has 1 N–H and O–H groups in total. The minimum Gasteiger partial charge on any atom is -0.493 e. The number of hydrogen-bond acceptors (Lipinski definition) is 3. The Morgan fingerprint density at radius 2 is 2.07 bits per heavy atom. The van der Waals surface area contributed by atoms with Crippen molar-refractivity contribution in [2.75, 3.05) is 6.61 Å². The zero-order chi connectivity index (χ0) is 18.5. The van der Waals surface area contributed by atoms with E-state index >= 15 is 0 Å². The minimum atomic E-state index is -0.0829. The van der Waals surface area contributed by atoms with Gasteiger partial charge < -0.3 is 9.72 Å². The summed E-state index contributed by atoms with van der Waals surface area (Å²) < 4.78 is 5.88. The first-order valence-corrected chi connectivity index (χ1v) is 9.36. The average Bonchev–Trinajstić information content (AvgIpc) is 2.68. The molecule has 2 aromatic heterocycles. The summed E-state index contributed by atoms with van der Waals surface area (Å²) in [5.74, 6) is 0.909. The van der Waals surface area contributed by atoms with Crippen LogP contribution in [0.2, 0.25) is 0 Å². The Morgan fingerprint density at radius 1 is 1.19 bits per heavy atom. The van der Waals surface area contributed by atoms with Crippen LogP contribution in [-0.4, -0.2) is 16.6 Å². The molecule has 0 bridgehead atoms. The molecule has 5 rings (SSSR count). The molecule has 134 valence electrons. The minimum absolute atomic E-state index is 0.0829. The van der Waals surface area contributed by atoms with Gasteiger partial charge in [-0.15, -0.1) is 0 Å². The normalized spacial score (nSPS) is 13.1. The molecule has 0 spiro atoms. The molecule has 1 aliphatic heterocycles. The molecule has 0 fully saturated rings. The van der Waals surface area contributed by atoms with Crippen LogP contribution in [-0.2, 0) is 12.8 Å². The van der Waals surface area contributed by atoms with Gasteiger partial charge in [-0.1, -0.05) is 6.92 Å². The van der Waals surface area contributed by atoms with Gasteiger partial charge in [0.15, 0.2) is 0 Å². The highest BCUT2D eigenvalue weighted by atomic mass is 16.5. The smallest absolute Gasteiger partial charge is 0.248 e. The number of H-pyrrole nitrogens is 1. The van der Waals surface area contributed by atoms with Crippen molar-refractivity contribution in [2.45, 2.75) is 26.7 Å². The van der Waals surface area contributed by atoms with Crippen LogP contribution >= 0.6 is 0 Å². The van der Waals surface area contributed by atoms with Crippen molar-refractivity contribution in [1.82, 2.24) is 9.97 Å². The first-order valence-electron chi connectivity index (χ1n) is 9.36. The third-order valence-electron chi connectivity index (χ3n) is 5.55. The fourth-order valence-corrected chi connectivity index (χ4v) is 4.35. The second kappa shape index (κ2) is 5.95. The lowest BCUT2D eigenvalue weighted by molar-refractivity contribution is 0.318. The molecule has 0 unspecified atom stereocenters. The van der Waals surface area contributed by atoms with Gasteiger partial charge in [0, 0.05) is 40.5 Å². The Balaban J connectivity index is 1.95. The fourth-order valence-electron chi connectivity index (χ4n) is 4.35. The van der Waals surface area contributed by atoms with Crippen LogP contribution in [0.15, 0.2) is 47.4 Å². The Labute approximate surface area is 156 Å². The van der Waals surface area contributed by atoms with Crippen molar-refractivity contribution in [3.05, 3.63) is 69.6 Å². The van der Waals surface area contributed by atoms with Gasteiger partial charge in [0.2, 0.25) is 5.56 Å². The molecule has 27 heavy (non-hydrogen) atoms. The SMILES string of the molecule is CCc1c(C)cc2[nH]c(=O)ccc2c1-c1ccc2c3c(ccnc13)CCO2. The van der Waals surface area contributed by atoms with Gasteiger partial charge >= 0.3 is 0 Å². The van der Waals surface area contributed by atoms with E-state index in [1.165, 1.54) is 16.7 Å². The maximum absolute atomic E-state index is 11.9. The Hall–Kier alpha value is -3.14. The number of aromatic nitrogens is 2. The van der Waals surface area contributed by atoms with Crippen LogP contribution < -0.4 is 10.3 Å². The zero-order valence-corrected chi connectivity index (χ0v) is 15.4. The van der Waals surface area contributed by atoms with E-state index in [9.17, 15) is 4.79 Å². The molecule has 0 saturated heterocycles. The maximum Gasteiger partial charge on any atom is 0.248 e. The molecule has 4 nitrogen and oxygen atoms in total. The summed E-state index contributed by atoms with van der Waals surface area (Å²) in [6, 6.07) is 11.8. The van der Waals surface area contributed by atoms with Crippen LogP contribution in [0.1, 0.15) is 23.6 Å². The first kappa shape index (κ1) is 16.1. The van der Waals surface area contributed by atoms with Gasteiger partial charge in [0.1, 0.15) is 5.75 Å². The quantitative estimate of drug-likeness (QED) is 0.573. The van der Waals surface area contributed by atoms with Crippen molar-refractivity contribution in [1.29, 1.82) is 0 Å². The molecule has 3 heterocycles. The molecular weight excluding hydrogens is 336 g/mol. The summed E-state index contributed by atoms with van der Waals surface area (Å²) in [6.45, 7) is 4.99. The van der Waals surface area contributed by atoms with E-state index < -0.39 is 0 Å². The molecule has 4 aromatic rings. The molecule has 0 atom stereocenters. The third-order valence-corrected chi connectivity index (χ3v) is 5.55. The van der Waals surface area contributed by atoms with Crippen LogP contribution in [0.25, 0.3) is 32.9 Å². The van der Waals surface area contributed by atoms with E-state index in [0.717, 1.165) is 51.5 Å². The molecular formula is C23H20N2O2. The summed E-state index contributed by atoms with van der Waals surface area (Å²) in [4.78, 5) is 19.6. The number of fused-ring (bicyclic) bond motifs is 1. The number of aryl methyl sites for hydroxylation is 1. The van der Waals surface area contributed by atoms with Gasteiger partial charge in [-0.25, -0.2) is 0 Å². The predicted octanol–water partition coefficient (Wildman–Crippen LogP) is 4.55. The lowest BCUT2D eigenvalue weighted by atomic mass is 9.88. The van der Waals surface area contributed by atoms with E-state index in [1.807, 2.05) is 12.3 Å². The van der Waals surface area contributed by atoms with Gasteiger partial charge in [-0.05, 0) is 65.9 Å². The lowest BCUT2D eigenvalue weighted by Crippen LogP contribution is -2.09. The van der Waals surface area contributed by atoms with Gasteiger partial charge in [-0.2, -0.15) is 0 Å². The largest absolute Gasteiger partial charge is 0.493 e. The second-order valence-corrected chi connectivity index (χ2v) is 7.09. The maximum atomic E-state index is 11.9. The molecule has 4 heteroatoms. The van der Waals surface area contributed by atoms with Gasteiger partial charge in [0.25, 0.3) is 0 Å². The van der Waals surface area contributed by atoms with Gasteiger partial charge in [0.05, 0.1) is 12.1 Å². The monoisotopic (exact) mass is 356 g/mol. The number of nitrogens with one attached hydrogen (secondary N) is 1. The summed E-state index contributed by atoms with van der Waals surface area (Å²) in [5, 5.41) is 2.17. The highest BCUT2D eigenvalue weighted by Gasteiger charge is 2.20. The number of nitrogens with zero attached hydrogens (tertiary/aromatic N) is 1. The van der Waals surface area contributed by atoms with E-state index in [2.05, 4.69) is 43.1 Å². The topological polar surface area (TPSA) is 55.0 Å². The molecule has 0 saturated carbocycles. The highest BCUT2D eigenvalue weighted by Crippen LogP contribution is 2.41. The van der Waals surface area contributed by atoms with E-state index in [4.69, 9.17) is 9.72 Å². The second-order valence-electron chi connectivity index (χ2n) is 7.09. The standard InChI is InChI=1S/C23H20N2O2/c1-3-15-13(2)12-18-16(5-7-20(26)25-18)22(15)17-4-6-19-21-14(9-11-27-19)8-10-24-23(17)21/h4-8,10,12H,3,9,11H2,1-2H3,(H,25,26). The summed E-state index contributed by atoms with van der Waals surface area (Å²) in [6.07, 6.45) is 3.70. The summed E-state index contributed by atoms with van der Waals surface area (Å²) >= 11 is 0. The number of benzene rings is 2. The van der Waals surface area contributed by atoms with Gasteiger partial charge in [-0.3, -0.25) is 9.78 Å². The summed E-state index contributed by atoms with van der Waals surface area (Å²) in [5.41, 5.74) is 7.75. The number of rotatable bonds is 2. The molecule has 1 aliphatic rings. The van der Waals surface area contributed by atoms with E-state index in [1.54, 1.807) is 6.07 Å². The van der Waals surface area contributed by atoms with Crippen molar-refractivity contribution < 1.29 is 4.74 Å². The van der Waals surface area contributed by atoms with E-state index in [-0.39, 0.29) is 5.56 Å². The Morgan fingerprint density at radius 3 is 2.93 bits per heavy atom. The van der Waals surface area contributed by atoms with E-state index in [0.29, 0.717) is 6.61 Å².